The van der Waals surface area contributed by atoms with Gasteiger partial charge in [-0.2, -0.15) is 0 Å². The molecule has 15 heavy (non-hydrogen) atoms. The molecule has 0 atom stereocenters. The van der Waals surface area contributed by atoms with Crippen LogP contribution in [0.25, 0.3) is 0 Å². The van der Waals surface area contributed by atoms with Crippen LogP contribution in [0.4, 0.5) is 10.5 Å². The van der Waals surface area contributed by atoms with E-state index in [0.717, 1.165) is 11.4 Å². The second kappa shape index (κ2) is 3.22. The molecule has 0 spiro atoms. The molecule has 80 valence electrons. The fourth-order valence-electron chi connectivity index (χ4n) is 1.75. The van der Waals surface area contributed by atoms with Crippen LogP contribution in [0, 0.1) is 6.92 Å². The van der Waals surface area contributed by atoms with Crippen LogP contribution in [0.2, 0.25) is 0 Å². The van der Waals surface area contributed by atoms with Gasteiger partial charge in [-0.25, -0.2) is 4.79 Å². The number of nitrogens with zero attached hydrogens (tertiary/aromatic N) is 2. The molecular weight excluding hydrogens is 192 g/mol. The molecule has 1 amide bonds. The Morgan fingerprint density at radius 1 is 1.53 bits per heavy atom. The molecular formula is C11H14N2O2. The summed E-state index contributed by atoms with van der Waals surface area (Å²) in [5, 5.41) is 0. The Morgan fingerprint density at radius 2 is 2.27 bits per heavy atom. The highest BCUT2D eigenvalue weighted by atomic mass is 16.6. The number of aromatic nitrogens is 1. The number of amides is 1. The topological polar surface area (TPSA) is 42.4 Å². The lowest BCUT2D eigenvalue weighted by atomic mass is 10.0. The van der Waals surface area contributed by atoms with E-state index in [9.17, 15) is 4.79 Å². The molecule has 1 aromatic rings. The van der Waals surface area contributed by atoms with Crippen molar-refractivity contribution in [2.75, 3.05) is 11.5 Å². The predicted molar refractivity (Wildman–Crippen MR) is 56.9 cm³/mol. The van der Waals surface area contributed by atoms with E-state index in [1.54, 1.807) is 11.1 Å². The first-order valence-electron chi connectivity index (χ1n) is 4.91. The van der Waals surface area contributed by atoms with Crippen LogP contribution in [0.3, 0.4) is 0 Å². The molecule has 1 aromatic heterocycles. The minimum Gasteiger partial charge on any atom is -0.447 e. The Hall–Kier alpha value is -1.58. The number of aryl methyl sites for hydroxylation is 1. The molecule has 2 heterocycles. The van der Waals surface area contributed by atoms with Crippen molar-refractivity contribution in [2.45, 2.75) is 26.3 Å². The molecule has 1 saturated heterocycles. The number of rotatable bonds is 1. The van der Waals surface area contributed by atoms with E-state index in [4.69, 9.17) is 4.74 Å². The lowest BCUT2D eigenvalue weighted by Crippen LogP contribution is -2.42. The summed E-state index contributed by atoms with van der Waals surface area (Å²) in [6.07, 6.45) is 1.42. The zero-order chi connectivity index (χ0) is 11.1. The second-order valence-corrected chi connectivity index (χ2v) is 4.31. The number of cyclic esters (lactones) is 1. The van der Waals surface area contributed by atoms with Gasteiger partial charge in [0.25, 0.3) is 0 Å². The Bertz CT molecular complexity index is 401. The van der Waals surface area contributed by atoms with E-state index >= 15 is 0 Å². The first kappa shape index (κ1) is 9.96. The van der Waals surface area contributed by atoms with Gasteiger partial charge in [0.15, 0.2) is 0 Å². The number of pyridine rings is 1. The highest BCUT2D eigenvalue weighted by molar-refractivity contribution is 5.91. The van der Waals surface area contributed by atoms with Crippen molar-refractivity contribution in [2.24, 2.45) is 0 Å². The number of hydrogen-bond donors (Lipinski definition) is 0. The third kappa shape index (κ3) is 1.56. The van der Waals surface area contributed by atoms with Crippen LogP contribution < -0.4 is 4.90 Å². The Morgan fingerprint density at radius 3 is 2.80 bits per heavy atom. The summed E-state index contributed by atoms with van der Waals surface area (Å²) in [6, 6.07) is 3.71. The van der Waals surface area contributed by atoms with E-state index in [1.807, 2.05) is 32.9 Å². The molecule has 4 heteroatoms. The highest BCUT2D eigenvalue weighted by Crippen LogP contribution is 2.31. The Balaban J connectivity index is 2.46. The van der Waals surface area contributed by atoms with E-state index < -0.39 is 0 Å². The fraction of sp³-hybridized carbons (Fsp3) is 0.455. The quantitative estimate of drug-likeness (QED) is 0.706. The third-order valence-corrected chi connectivity index (χ3v) is 2.56. The summed E-state index contributed by atoms with van der Waals surface area (Å²) in [7, 11) is 0. The molecule has 1 aliphatic rings. The van der Waals surface area contributed by atoms with E-state index in [2.05, 4.69) is 4.98 Å². The fourth-order valence-corrected chi connectivity index (χ4v) is 1.75. The van der Waals surface area contributed by atoms with Gasteiger partial charge in [-0.1, -0.05) is 0 Å². The normalized spacial score (nSPS) is 19.1. The highest BCUT2D eigenvalue weighted by Gasteiger charge is 2.41. The monoisotopic (exact) mass is 206 g/mol. The third-order valence-electron chi connectivity index (χ3n) is 2.56. The van der Waals surface area contributed by atoms with Crippen molar-refractivity contribution in [3.05, 3.63) is 24.0 Å². The summed E-state index contributed by atoms with van der Waals surface area (Å²) in [5.74, 6) is 0. The van der Waals surface area contributed by atoms with Crippen molar-refractivity contribution in [3.8, 4) is 0 Å². The van der Waals surface area contributed by atoms with Crippen molar-refractivity contribution in [1.29, 1.82) is 0 Å². The van der Waals surface area contributed by atoms with Crippen LogP contribution in [-0.2, 0) is 4.74 Å². The van der Waals surface area contributed by atoms with Crippen molar-refractivity contribution in [1.82, 2.24) is 4.98 Å². The number of carbonyl (C=O) groups is 1. The maximum absolute atomic E-state index is 11.6. The molecule has 0 saturated carbocycles. The summed E-state index contributed by atoms with van der Waals surface area (Å²) in [6.45, 7) is 6.26. The molecule has 0 bridgehead atoms. The molecule has 1 fully saturated rings. The summed E-state index contributed by atoms with van der Waals surface area (Å²) in [5.41, 5.74) is 1.36. The largest absolute Gasteiger partial charge is 0.447 e. The SMILES string of the molecule is Cc1ncccc1N1C(=O)OCC1(C)C. The van der Waals surface area contributed by atoms with E-state index in [1.165, 1.54) is 0 Å². The predicted octanol–water partition coefficient (Wildman–Crippen LogP) is 2.13. The lowest BCUT2D eigenvalue weighted by Gasteiger charge is -2.28. The molecule has 0 unspecified atom stereocenters. The van der Waals surface area contributed by atoms with Gasteiger partial charge in [-0.3, -0.25) is 9.88 Å². The van der Waals surface area contributed by atoms with Gasteiger partial charge >= 0.3 is 6.09 Å². The van der Waals surface area contributed by atoms with Crippen LogP contribution in [-0.4, -0.2) is 23.2 Å². The van der Waals surface area contributed by atoms with Gasteiger partial charge in [0.05, 0.1) is 16.9 Å². The zero-order valence-corrected chi connectivity index (χ0v) is 9.15. The zero-order valence-electron chi connectivity index (χ0n) is 9.15. The number of anilines is 1. The Labute approximate surface area is 88.9 Å². The van der Waals surface area contributed by atoms with Gasteiger partial charge < -0.3 is 4.74 Å². The second-order valence-electron chi connectivity index (χ2n) is 4.31. The first-order valence-corrected chi connectivity index (χ1v) is 4.91. The number of hydrogen-bond acceptors (Lipinski definition) is 3. The van der Waals surface area contributed by atoms with E-state index in [0.29, 0.717) is 6.61 Å². The first-order chi connectivity index (χ1) is 7.02. The standard InChI is InChI=1S/C11H14N2O2/c1-8-9(5-4-6-12-8)13-10(14)15-7-11(13,2)3/h4-6H,7H2,1-3H3. The maximum Gasteiger partial charge on any atom is 0.415 e. The smallest absolute Gasteiger partial charge is 0.415 e. The summed E-state index contributed by atoms with van der Waals surface area (Å²) < 4.78 is 5.05. The van der Waals surface area contributed by atoms with Gasteiger partial charge in [0.1, 0.15) is 6.61 Å². The molecule has 4 nitrogen and oxygen atoms in total. The minimum absolute atomic E-state index is 0.295. The molecule has 0 aliphatic carbocycles. The van der Waals surface area contributed by atoms with Gasteiger partial charge in [-0.05, 0) is 32.9 Å². The van der Waals surface area contributed by atoms with Crippen LogP contribution in [0.1, 0.15) is 19.5 Å². The molecule has 0 N–H and O–H groups in total. The summed E-state index contributed by atoms with van der Waals surface area (Å²) in [4.78, 5) is 17.5. The van der Waals surface area contributed by atoms with Gasteiger partial charge in [-0.15, -0.1) is 0 Å². The lowest BCUT2D eigenvalue weighted by molar-refractivity contribution is 0.175. The molecule has 2 rings (SSSR count). The van der Waals surface area contributed by atoms with Gasteiger partial charge in [0, 0.05) is 6.20 Å². The van der Waals surface area contributed by atoms with E-state index in [-0.39, 0.29) is 11.6 Å². The van der Waals surface area contributed by atoms with Gasteiger partial charge in [0.2, 0.25) is 0 Å². The minimum atomic E-state index is -0.301. The Kier molecular flexibility index (Phi) is 2.14. The van der Waals surface area contributed by atoms with Crippen LogP contribution in [0.5, 0.6) is 0 Å². The van der Waals surface area contributed by atoms with Crippen LogP contribution in [0.15, 0.2) is 18.3 Å². The maximum atomic E-state index is 11.6. The summed E-state index contributed by atoms with van der Waals surface area (Å²) >= 11 is 0. The number of carbonyl (C=O) groups excluding carboxylic acids is 1. The molecule has 0 radical (unpaired) electrons. The molecule has 0 aromatic carbocycles. The van der Waals surface area contributed by atoms with Crippen molar-refractivity contribution in [3.63, 3.8) is 0 Å². The average molecular weight is 206 g/mol. The molecule has 1 aliphatic heterocycles. The van der Waals surface area contributed by atoms with Crippen molar-refractivity contribution < 1.29 is 9.53 Å². The van der Waals surface area contributed by atoms with Crippen LogP contribution >= 0.6 is 0 Å². The average Bonchev–Trinajstić information content (AvgIpc) is 2.43. The number of ether oxygens (including phenoxy) is 1. The van der Waals surface area contributed by atoms with Crippen molar-refractivity contribution >= 4 is 11.8 Å².